The molecule has 0 N–H and O–H groups in total. The summed E-state index contributed by atoms with van der Waals surface area (Å²) in [5.74, 6) is 1.70. The van der Waals surface area contributed by atoms with E-state index in [4.69, 9.17) is 15.0 Å². The molecule has 334 valence electrons. The summed E-state index contributed by atoms with van der Waals surface area (Å²) in [6, 6.07) is 82.6. The van der Waals surface area contributed by atoms with E-state index >= 15 is 0 Å². The molecule has 71 heavy (non-hydrogen) atoms. The smallest absolute Gasteiger partial charge is 0.238 e. The fourth-order valence-electron chi connectivity index (χ4n) is 11.0. The molecule has 0 saturated heterocycles. The molecule has 4 heterocycles. The lowest BCUT2D eigenvalue weighted by molar-refractivity contribution is 0.949. The van der Waals surface area contributed by atoms with Gasteiger partial charge in [-0.15, -0.1) is 0 Å². The van der Waals surface area contributed by atoms with Crippen LogP contribution in [0.3, 0.4) is 0 Å². The number of rotatable bonds is 7. The number of benzene rings is 10. The van der Waals surface area contributed by atoms with E-state index in [2.05, 4.69) is 258 Å². The number of nitrogens with zero attached hydrogens (tertiary/aromatic N) is 6. The zero-order chi connectivity index (χ0) is 47.2. The number of hydrogen-bond donors (Lipinski definition) is 0. The van der Waals surface area contributed by atoms with Crippen LogP contribution in [0.5, 0.6) is 0 Å². The minimum atomic E-state index is 0.548. The van der Waals surface area contributed by atoms with Crippen molar-refractivity contribution < 1.29 is 0 Å². The molecule has 0 aliphatic carbocycles. The molecular weight excluding hydrogens is 865 g/mol. The largest absolute Gasteiger partial charge is 0.309 e. The quantitative estimate of drug-likeness (QED) is 0.160. The van der Waals surface area contributed by atoms with Crippen LogP contribution in [0.1, 0.15) is 11.1 Å². The first-order chi connectivity index (χ1) is 35.0. The molecule has 10 aromatic carbocycles. The summed E-state index contributed by atoms with van der Waals surface area (Å²) in [4.78, 5) is 16.7. The summed E-state index contributed by atoms with van der Waals surface area (Å²) < 4.78 is 6.97. The highest BCUT2D eigenvalue weighted by molar-refractivity contribution is 6.13. The van der Waals surface area contributed by atoms with E-state index in [0.29, 0.717) is 17.6 Å². The third-order valence-corrected chi connectivity index (χ3v) is 14.2. The van der Waals surface area contributed by atoms with Gasteiger partial charge in [-0.05, 0) is 121 Å². The molecule has 6 heteroatoms. The van der Waals surface area contributed by atoms with E-state index in [0.717, 1.165) is 66.4 Å². The molecule has 4 aromatic heterocycles. The molecule has 0 unspecified atom stereocenters. The Morgan fingerprint density at radius 3 is 1.11 bits per heavy atom. The topological polar surface area (TPSA) is 53.5 Å². The molecule has 0 aliphatic heterocycles. The van der Waals surface area contributed by atoms with Crippen LogP contribution in [0.25, 0.3) is 128 Å². The van der Waals surface area contributed by atoms with E-state index in [1.807, 2.05) is 0 Å². The molecule has 0 atom stereocenters. The van der Waals surface area contributed by atoms with Crippen LogP contribution in [-0.2, 0) is 0 Å². The van der Waals surface area contributed by atoms with Crippen LogP contribution in [0.2, 0.25) is 0 Å². The van der Waals surface area contributed by atoms with E-state index in [9.17, 15) is 0 Å². The van der Waals surface area contributed by atoms with Gasteiger partial charge < -0.3 is 9.13 Å². The highest BCUT2D eigenvalue weighted by Crippen LogP contribution is 2.42. The summed E-state index contributed by atoms with van der Waals surface area (Å²) in [5, 5.41) is 7.04. The van der Waals surface area contributed by atoms with Gasteiger partial charge >= 0.3 is 0 Å². The minimum Gasteiger partial charge on any atom is -0.309 e. The highest BCUT2D eigenvalue weighted by Gasteiger charge is 2.24. The van der Waals surface area contributed by atoms with Crippen molar-refractivity contribution in [2.75, 3.05) is 0 Å². The van der Waals surface area contributed by atoms with Gasteiger partial charge in [0.15, 0.2) is 11.6 Å². The average Bonchev–Trinajstić information content (AvgIpc) is 4.06. The first-order valence-electron chi connectivity index (χ1n) is 24.2. The van der Waals surface area contributed by atoms with Crippen molar-refractivity contribution >= 4 is 65.4 Å². The summed E-state index contributed by atoms with van der Waals surface area (Å²) >= 11 is 0. The van der Waals surface area contributed by atoms with E-state index < -0.39 is 0 Å². The van der Waals surface area contributed by atoms with Crippen molar-refractivity contribution in [3.63, 3.8) is 0 Å². The molecule has 0 radical (unpaired) electrons. The van der Waals surface area contributed by atoms with Gasteiger partial charge in [-0.1, -0.05) is 157 Å². The van der Waals surface area contributed by atoms with Crippen LogP contribution in [0.4, 0.5) is 0 Å². The third kappa shape index (κ3) is 6.53. The number of hydrogen-bond acceptors (Lipinski definition) is 3. The van der Waals surface area contributed by atoms with Gasteiger partial charge in [-0.3, -0.25) is 4.57 Å². The van der Waals surface area contributed by atoms with Crippen LogP contribution < -0.4 is 0 Å². The number of aryl methyl sites for hydroxylation is 2. The number of aromatic nitrogens is 6. The predicted octanol–water partition coefficient (Wildman–Crippen LogP) is 16.4. The summed E-state index contributed by atoms with van der Waals surface area (Å²) in [5.41, 5.74) is 17.3. The van der Waals surface area contributed by atoms with Crippen molar-refractivity contribution in [3.05, 3.63) is 242 Å². The normalized spacial score (nSPS) is 11.8. The fraction of sp³-hybridized carbons (Fsp3) is 0.0308. The lowest BCUT2D eigenvalue weighted by atomic mass is 10.0. The summed E-state index contributed by atoms with van der Waals surface area (Å²) in [6.07, 6.45) is 0. The Balaban J connectivity index is 1.06. The van der Waals surface area contributed by atoms with Crippen molar-refractivity contribution in [1.29, 1.82) is 0 Å². The lowest BCUT2D eigenvalue weighted by Gasteiger charge is -2.17. The van der Waals surface area contributed by atoms with Gasteiger partial charge in [-0.2, -0.15) is 9.97 Å². The maximum absolute atomic E-state index is 5.58. The Labute approximate surface area is 410 Å². The van der Waals surface area contributed by atoms with Crippen LogP contribution >= 0.6 is 0 Å². The van der Waals surface area contributed by atoms with E-state index in [1.54, 1.807) is 0 Å². The van der Waals surface area contributed by atoms with E-state index in [-0.39, 0.29) is 0 Å². The van der Waals surface area contributed by atoms with Crippen molar-refractivity contribution in [2.45, 2.75) is 13.8 Å². The van der Waals surface area contributed by atoms with Crippen molar-refractivity contribution in [3.8, 4) is 62.4 Å². The Hall–Kier alpha value is -9.39. The fourth-order valence-corrected chi connectivity index (χ4v) is 11.0. The van der Waals surface area contributed by atoms with Crippen molar-refractivity contribution in [2.24, 2.45) is 0 Å². The second-order valence-electron chi connectivity index (χ2n) is 18.6. The molecular formula is C65H44N6. The molecule has 0 amide bonds. The highest BCUT2D eigenvalue weighted by atomic mass is 15.2. The minimum absolute atomic E-state index is 0.548. The summed E-state index contributed by atoms with van der Waals surface area (Å²) in [7, 11) is 0. The van der Waals surface area contributed by atoms with Crippen LogP contribution in [0, 0.1) is 13.8 Å². The van der Waals surface area contributed by atoms with Gasteiger partial charge in [0.1, 0.15) is 0 Å². The second kappa shape index (κ2) is 16.1. The van der Waals surface area contributed by atoms with E-state index in [1.165, 1.54) is 54.9 Å². The monoisotopic (exact) mass is 908 g/mol. The SMILES string of the molecule is Cc1ccc2c(c1)c1cc(C)ccc1n2-c1nc(-c2ccccc2-n2c3ccccc3c3ccccc32)nc(-c2ccccc2-n2c3ccc(-c4ccccc4)cc3c3cc(-c4ccccc4)ccc32)n1. The van der Waals surface area contributed by atoms with Crippen LogP contribution in [-0.4, -0.2) is 28.7 Å². The summed E-state index contributed by atoms with van der Waals surface area (Å²) in [6.45, 7) is 4.30. The Bertz CT molecular complexity index is 4210. The van der Waals surface area contributed by atoms with Gasteiger partial charge in [0.05, 0.1) is 44.5 Å². The molecule has 14 rings (SSSR count). The standard InChI is InChI=1S/C65H44N6/c1-41-29-33-61-51(37-41)52-38-42(2)30-34-62(52)71(61)65-67-63(49-23-11-15-27-57(49)69-55-25-13-9-21-47(55)48-22-10-14-26-56(48)69)66-64(68-65)50-24-12-16-28-58(50)70-59-35-31-45(43-17-5-3-6-18-43)39-53(59)54-40-46(32-36-60(54)70)44-19-7-4-8-20-44/h3-40H,1-2H3. The molecule has 0 spiro atoms. The first-order valence-corrected chi connectivity index (χ1v) is 24.2. The predicted molar refractivity (Wildman–Crippen MR) is 294 cm³/mol. The average molecular weight is 909 g/mol. The van der Waals surface area contributed by atoms with Gasteiger partial charge in [-0.25, -0.2) is 4.98 Å². The Morgan fingerprint density at radius 2 is 0.634 bits per heavy atom. The maximum Gasteiger partial charge on any atom is 0.238 e. The second-order valence-corrected chi connectivity index (χ2v) is 18.6. The number of para-hydroxylation sites is 4. The van der Waals surface area contributed by atoms with Gasteiger partial charge in [0.2, 0.25) is 5.95 Å². The zero-order valence-corrected chi connectivity index (χ0v) is 39.1. The zero-order valence-electron chi connectivity index (χ0n) is 39.1. The maximum atomic E-state index is 5.58. The molecule has 14 aromatic rings. The molecule has 0 aliphatic rings. The third-order valence-electron chi connectivity index (χ3n) is 14.2. The van der Waals surface area contributed by atoms with Gasteiger partial charge in [0, 0.05) is 43.4 Å². The molecule has 0 fully saturated rings. The molecule has 6 nitrogen and oxygen atoms in total. The van der Waals surface area contributed by atoms with Gasteiger partial charge in [0.25, 0.3) is 0 Å². The molecule has 0 bridgehead atoms. The number of fused-ring (bicyclic) bond motifs is 9. The Kier molecular flexibility index (Phi) is 9.23. The first kappa shape index (κ1) is 40.7. The lowest BCUT2D eigenvalue weighted by Crippen LogP contribution is -2.09. The van der Waals surface area contributed by atoms with Crippen LogP contribution in [0.15, 0.2) is 231 Å². The Morgan fingerprint density at radius 1 is 0.268 bits per heavy atom. The molecule has 0 saturated carbocycles. The van der Waals surface area contributed by atoms with Crippen molar-refractivity contribution in [1.82, 2.24) is 28.7 Å².